The maximum absolute atomic E-state index is 13.0. The summed E-state index contributed by atoms with van der Waals surface area (Å²) in [5.74, 6) is 0.942. The molecule has 1 unspecified atom stereocenters. The highest BCUT2D eigenvalue weighted by molar-refractivity contribution is 7.92. The zero-order chi connectivity index (χ0) is 22.9. The third-order valence-corrected chi connectivity index (χ3v) is 6.69. The smallest absolute Gasteiger partial charge is 0.261 e. The highest BCUT2D eigenvalue weighted by atomic mass is 32.2. The fourth-order valence-electron chi connectivity index (χ4n) is 3.39. The van der Waals surface area contributed by atoms with Gasteiger partial charge in [0.25, 0.3) is 15.9 Å². The molecule has 1 heterocycles. The quantitative estimate of drug-likeness (QED) is 0.581. The Morgan fingerprint density at radius 3 is 2.41 bits per heavy atom. The summed E-state index contributed by atoms with van der Waals surface area (Å²) in [6.07, 6.45) is 0. The van der Waals surface area contributed by atoms with Gasteiger partial charge in [0, 0.05) is 11.3 Å². The molecule has 1 aliphatic heterocycles. The summed E-state index contributed by atoms with van der Waals surface area (Å²) in [6, 6.07) is 16.7. The molecule has 0 saturated carbocycles. The molecule has 32 heavy (non-hydrogen) atoms. The Balaban J connectivity index is 1.53. The van der Waals surface area contributed by atoms with E-state index in [2.05, 4.69) is 10.0 Å². The zero-order valence-corrected chi connectivity index (χ0v) is 18.8. The molecule has 0 aromatic heterocycles. The van der Waals surface area contributed by atoms with E-state index < -0.39 is 10.0 Å². The Kier molecular flexibility index (Phi) is 5.80. The molecule has 7 nitrogen and oxygen atoms in total. The third-order valence-electron chi connectivity index (χ3n) is 5.31. The van der Waals surface area contributed by atoms with Crippen LogP contribution in [0, 0.1) is 13.8 Å². The molecule has 8 heteroatoms. The Labute approximate surface area is 187 Å². The molecule has 3 aromatic carbocycles. The molecule has 0 saturated heterocycles. The van der Waals surface area contributed by atoms with Gasteiger partial charge in [-0.2, -0.15) is 0 Å². The molecule has 0 radical (unpaired) electrons. The number of anilines is 1. The van der Waals surface area contributed by atoms with Crippen molar-refractivity contribution < 1.29 is 22.7 Å². The Morgan fingerprint density at radius 2 is 1.66 bits per heavy atom. The van der Waals surface area contributed by atoms with Gasteiger partial charge in [0.1, 0.15) is 0 Å². The van der Waals surface area contributed by atoms with Gasteiger partial charge >= 0.3 is 0 Å². The molecule has 1 amide bonds. The van der Waals surface area contributed by atoms with Crippen molar-refractivity contribution in [3.63, 3.8) is 0 Å². The number of hydrogen-bond acceptors (Lipinski definition) is 5. The fraction of sp³-hybridized carbons (Fsp3) is 0.208. The lowest BCUT2D eigenvalue weighted by Crippen LogP contribution is -2.27. The minimum Gasteiger partial charge on any atom is -0.454 e. The van der Waals surface area contributed by atoms with Gasteiger partial charge in [-0.15, -0.1) is 0 Å². The largest absolute Gasteiger partial charge is 0.454 e. The molecule has 0 fully saturated rings. The van der Waals surface area contributed by atoms with Gasteiger partial charge in [-0.05, 0) is 68.3 Å². The van der Waals surface area contributed by atoms with E-state index in [9.17, 15) is 13.2 Å². The second-order valence-corrected chi connectivity index (χ2v) is 9.44. The first-order valence-corrected chi connectivity index (χ1v) is 11.6. The lowest BCUT2D eigenvalue weighted by Gasteiger charge is -2.17. The van der Waals surface area contributed by atoms with Crippen molar-refractivity contribution in [2.75, 3.05) is 11.5 Å². The van der Waals surface area contributed by atoms with Crippen LogP contribution in [0.4, 0.5) is 5.69 Å². The molecule has 2 N–H and O–H groups in total. The van der Waals surface area contributed by atoms with E-state index >= 15 is 0 Å². The molecule has 0 bridgehead atoms. The van der Waals surface area contributed by atoms with Crippen LogP contribution in [0.1, 0.15) is 40.0 Å². The Morgan fingerprint density at radius 1 is 0.938 bits per heavy atom. The van der Waals surface area contributed by atoms with Gasteiger partial charge in [0.05, 0.1) is 10.9 Å². The molecule has 3 aromatic rings. The molecule has 0 aliphatic carbocycles. The number of hydrogen-bond donors (Lipinski definition) is 2. The number of amides is 1. The predicted octanol–water partition coefficient (Wildman–Crippen LogP) is 4.32. The van der Waals surface area contributed by atoms with E-state index in [0.717, 1.165) is 11.1 Å². The first-order valence-electron chi connectivity index (χ1n) is 10.1. The third kappa shape index (κ3) is 4.55. The second-order valence-electron chi connectivity index (χ2n) is 7.76. The van der Waals surface area contributed by atoms with Gasteiger partial charge in [0.2, 0.25) is 6.79 Å². The van der Waals surface area contributed by atoms with Crippen molar-refractivity contribution in [1.29, 1.82) is 0 Å². The van der Waals surface area contributed by atoms with E-state index in [-0.39, 0.29) is 23.6 Å². The van der Waals surface area contributed by atoms with E-state index in [1.54, 1.807) is 31.2 Å². The standard InChI is InChI=1S/C24H24N2O5S/c1-15-4-8-19(9-5-15)26-32(28,29)20-10-6-16(2)21(13-20)24(27)25-17(3)18-7-11-22-23(12-18)31-14-30-22/h4-13,17,26H,14H2,1-3H3,(H,25,27). The van der Waals surface area contributed by atoms with Gasteiger partial charge in [-0.1, -0.05) is 29.8 Å². The average Bonchev–Trinajstić information content (AvgIpc) is 3.23. The summed E-state index contributed by atoms with van der Waals surface area (Å²) < 4.78 is 39.0. The summed E-state index contributed by atoms with van der Waals surface area (Å²) in [5, 5.41) is 2.93. The minimum absolute atomic E-state index is 0.0181. The van der Waals surface area contributed by atoms with Crippen LogP contribution in [0.2, 0.25) is 0 Å². The number of aryl methyl sites for hydroxylation is 2. The molecule has 0 spiro atoms. The topological polar surface area (TPSA) is 93.7 Å². The average molecular weight is 453 g/mol. The van der Waals surface area contributed by atoms with Crippen molar-refractivity contribution in [3.05, 3.63) is 82.9 Å². The molecular formula is C24H24N2O5S. The number of carbonyl (C=O) groups excluding carboxylic acids is 1. The van der Waals surface area contributed by atoms with Crippen molar-refractivity contribution in [1.82, 2.24) is 5.32 Å². The molecule has 1 aliphatic rings. The highest BCUT2D eigenvalue weighted by Gasteiger charge is 2.21. The van der Waals surface area contributed by atoms with Crippen molar-refractivity contribution in [2.45, 2.75) is 31.7 Å². The van der Waals surface area contributed by atoms with Crippen LogP contribution in [0.5, 0.6) is 11.5 Å². The number of fused-ring (bicyclic) bond motifs is 1. The number of ether oxygens (including phenoxy) is 2. The van der Waals surface area contributed by atoms with E-state index in [1.807, 2.05) is 38.1 Å². The van der Waals surface area contributed by atoms with Crippen LogP contribution in [-0.2, 0) is 10.0 Å². The van der Waals surface area contributed by atoms with Crippen LogP contribution in [0.15, 0.2) is 65.6 Å². The minimum atomic E-state index is -3.85. The normalized spacial score (nSPS) is 13.5. The summed E-state index contributed by atoms with van der Waals surface area (Å²) in [7, 11) is -3.85. The van der Waals surface area contributed by atoms with Gasteiger partial charge in [-0.3, -0.25) is 9.52 Å². The highest BCUT2D eigenvalue weighted by Crippen LogP contribution is 2.34. The zero-order valence-electron chi connectivity index (χ0n) is 18.0. The van der Waals surface area contributed by atoms with Crippen LogP contribution >= 0.6 is 0 Å². The first-order chi connectivity index (χ1) is 15.2. The van der Waals surface area contributed by atoms with Crippen LogP contribution in [-0.4, -0.2) is 21.1 Å². The first kappa shape index (κ1) is 21.7. The van der Waals surface area contributed by atoms with Crippen LogP contribution in [0.25, 0.3) is 0 Å². The Bertz CT molecular complexity index is 1270. The maximum atomic E-state index is 13.0. The lowest BCUT2D eigenvalue weighted by atomic mass is 10.1. The van der Waals surface area contributed by atoms with E-state index in [4.69, 9.17) is 9.47 Å². The van der Waals surface area contributed by atoms with Crippen molar-refractivity contribution in [3.8, 4) is 11.5 Å². The Hall–Kier alpha value is -3.52. The molecule has 4 rings (SSSR count). The van der Waals surface area contributed by atoms with Crippen molar-refractivity contribution >= 4 is 21.6 Å². The monoisotopic (exact) mass is 452 g/mol. The fourth-order valence-corrected chi connectivity index (χ4v) is 4.47. The number of sulfonamides is 1. The molecule has 1 atom stereocenters. The van der Waals surface area contributed by atoms with Gasteiger partial charge in [0.15, 0.2) is 11.5 Å². The van der Waals surface area contributed by atoms with Crippen molar-refractivity contribution in [2.24, 2.45) is 0 Å². The SMILES string of the molecule is Cc1ccc(NS(=O)(=O)c2ccc(C)c(C(=O)NC(C)c3ccc4c(c3)OCO4)c2)cc1. The summed E-state index contributed by atoms with van der Waals surface area (Å²) in [4.78, 5) is 13.0. The number of rotatable bonds is 6. The molecular weight excluding hydrogens is 428 g/mol. The van der Waals surface area contributed by atoms with Gasteiger partial charge in [-0.25, -0.2) is 8.42 Å². The maximum Gasteiger partial charge on any atom is 0.261 e. The number of carbonyl (C=O) groups is 1. The predicted molar refractivity (Wildman–Crippen MR) is 122 cm³/mol. The summed E-state index contributed by atoms with van der Waals surface area (Å²) in [5.41, 5.74) is 3.31. The summed E-state index contributed by atoms with van der Waals surface area (Å²) >= 11 is 0. The van der Waals surface area contributed by atoms with Crippen LogP contribution < -0.4 is 19.5 Å². The van der Waals surface area contributed by atoms with E-state index in [0.29, 0.717) is 28.3 Å². The number of nitrogens with one attached hydrogen (secondary N) is 2. The summed E-state index contributed by atoms with van der Waals surface area (Å²) in [6.45, 7) is 5.72. The van der Waals surface area contributed by atoms with Crippen LogP contribution in [0.3, 0.4) is 0 Å². The lowest BCUT2D eigenvalue weighted by molar-refractivity contribution is 0.0939. The second kappa shape index (κ2) is 8.55. The molecule has 166 valence electrons. The van der Waals surface area contributed by atoms with Gasteiger partial charge < -0.3 is 14.8 Å². The number of benzene rings is 3. The van der Waals surface area contributed by atoms with E-state index in [1.165, 1.54) is 12.1 Å².